The molecular formula is C26H27OP. The SMILES string of the molecule is Cc1cc(C)c(C=c2cccc(P=O)c2=Cc2c(C)cc(C)cc2C)c(C)c1. The molecule has 28 heavy (non-hydrogen) atoms. The second-order valence-corrected chi connectivity index (χ2v) is 8.45. The Bertz CT molecular complexity index is 1140. The van der Waals surface area contributed by atoms with Gasteiger partial charge in [0.1, 0.15) is 0 Å². The van der Waals surface area contributed by atoms with Crippen molar-refractivity contribution < 1.29 is 4.57 Å². The van der Waals surface area contributed by atoms with Crippen LogP contribution in [0.25, 0.3) is 12.2 Å². The van der Waals surface area contributed by atoms with Gasteiger partial charge in [-0.25, -0.2) is 0 Å². The van der Waals surface area contributed by atoms with E-state index in [-0.39, 0.29) is 8.46 Å². The fourth-order valence-electron chi connectivity index (χ4n) is 4.07. The van der Waals surface area contributed by atoms with Crippen LogP contribution in [0.15, 0.2) is 42.5 Å². The van der Waals surface area contributed by atoms with Crippen LogP contribution in [0.4, 0.5) is 0 Å². The highest BCUT2D eigenvalue weighted by atomic mass is 31.1. The topological polar surface area (TPSA) is 17.1 Å². The second-order valence-electron chi connectivity index (χ2n) is 7.78. The molecule has 142 valence electrons. The molecule has 0 saturated carbocycles. The molecule has 0 radical (unpaired) electrons. The van der Waals surface area contributed by atoms with Gasteiger partial charge in [-0.2, -0.15) is 0 Å². The molecule has 0 aliphatic heterocycles. The highest BCUT2D eigenvalue weighted by molar-refractivity contribution is 7.34. The average molecular weight is 386 g/mol. The van der Waals surface area contributed by atoms with Crippen molar-refractivity contribution in [2.24, 2.45) is 0 Å². The van der Waals surface area contributed by atoms with Gasteiger partial charge in [-0.15, -0.1) is 0 Å². The minimum Gasteiger partial charge on any atom is -0.269 e. The number of hydrogen-bond acceptors (Lipinski definition) is 1. The predicted octanol–water partition coefficient (Wildman–Crippen LogP) is 5.11. The lowest BCUT2D eigenvalue weighted by Crippen LogP contribution is -2.35. The largest absolute Gasteiger partial charge is 0.269 e. The third kappa shape index (κ3) is 4.16. The number of rotatable bonds is 3. The van der Waals surface area contributed by atoms with E-state index in [2.05, 4.69) is 84.0 Å². The minimum absolute atomic E-state index is 0.0420. The minimum atomic E-state index is 0.0420. The van der Waals surface area contributed by atoms with Gasteiger partial charge in [-0.05, 0) is 104 Å². The summed E-state index contributed by atoms with van der Waals surface area (Å²) in [6, 6.07) is 14.9. The van der Waals surface area contributed by atoms with Gasteiger partial charge in [0.05, 0.1) is 5.30 Å². The van der Waals surface area contributed by atoms with E-state index >= 15 is 0 Å². The maximum atomic E-state index is 11.9. The molecule has 3 rings (SSSR count). The Hall–Kier alpha value is -2.50. The molecule has 2 heteroatoms. The fourth-order valence-corrected chi connectivity index (χ4v) is 4.51. The van der Waals surface area contributed by atoms with Crippen molar-refractivity contribution in [1.82, 2.24) is 0 Å². The van der Waals surface area contributed by atoms with Gasteiger partial charge in [0.2, 0.25) is 0 Å². The summed E-state index contributed by atoms with van der Waals surface area (Å²) in [6.45, 7) is 12.8. The lowest BCUT2D eigenvalue weighted by atomic mass is 9.97. The van der Waals surface area contributed by atoms with E-state index in [9.17, 15) is 4.57 Å². The normalized spacial score (nSPS) is 12.8. The molecule has 0 spiro atoms. The van der Waals surface area contributed by atoms with Gasteiger partial charge in [0.15, 0.2) is 8.46 Å². The zero-order chi connectivity index (χ0) is 20.4. The molecule has 0 N–H and O–H groups in total. The summed E-state index contributed by atoms with van der Waals surface area (Å²) in [7, 11) is 0.0420. The lowest BCUT2D eigenvalue weighted by Gasteiger charge is -2.09. The first-order valence-electron chi connectivity index (χ1n) is 9.61. The van der Waals surface area contributed by atoms with Gasteiger partial charge in [-0.1, -0.05) is 47.5 Å². The summed E-state index contributed by atoms with van der Waals surface area (Å²) >= 11 is 0. The number of benzene rings is 3. The van der Waals surface area contributed by atoms with Crippen molar-refractivity contribution in [1.29, 1.82) is 0 Å². The molecule has 0 saturated heterocycles. The van der Waals surface area contributed by atoms with Gasteiger partial charge >= 0.3 is 0 Å². The van der Waals surface area contributed by atoms with E-state index in [1.54, 1.807) is 0 Å². The summed E-state index contributed by atoms with van der Waals surface area (Å²) in [5.41, 5.74) is 9.97. The molecule has 0 amide bonds. The summed E-state index contributed by atoms with van der Waals surface area (Å²) in [6.07, 6.45) is 4.42. The first-order valence-corrected chi connectivity index (χ1v) is 10.4. The van der Waals surface area contributed by atoms with E-state index in [0.29, 0.717) is 0 Å². The molecule has 0 fully saturated rings. The van der Waals surface area contributed by atoms with Crippen molar-refractivity contribution in [3.8, 4) is 0 Å². The molecule has 0 heterocycles. The Kier molecular flexibility index (Phi) is 5.96. The zero-order valence-corrected chi connectivity index (χ0v) is 18.4. The van der Waals surface area contributed by atoms with Crippen LogP contribution in [0, 0.1) is 41.5 Å². The molecule has 0 aromatic heterocycles. The maximum absolute atomic E-state index is 11.9. The Labute approximate surface area is 169 Å². The third-order valence-electron chi connectivity index (χ3n) is 5.28. The zero-order valence-electron chi connectivity index (χ0n) is 17.6. The maximum Gasteiger partial charge on any atom is 0.192 e. The van der Waals surface area contributed by atoms with Crippen LogP contribution < -0.4 is 15.7 Å². The van der Waals surface area contributed by atoms with Crippen molar-refractivity contribution in [3.63, 3.8) is 0 Å². The van der Waals surface area contributed by atoms with E-state index in [1.807, 2.05) is 12.1 Å². The van der Waals surface area contributed by atoms with Crippen molar-refractivity contribution in [3.05, 3.63) is 97.4 Å². The van der Waals surface area contributed by atoms with Gasteiger partial charge in [0.25, 0.3) is 0 Å². The quantitative estimate of drug-likeness (QED) is 0.572. The molecule has 0 aliphatic rings. The second kappa shape index (κ2) is 8.25. The molecule has 3 aromatic rings. The fraction of sp³-hybridized carbons (Fsp3) is 0.231. The summed E-state index contributed by atoms with van der Waals surface area (Å²) in [5.74, 6) is 0. The Morgan fingerprint density at radius 2 is 1.14 bits per heavy atom. The van der Waals surface area contributed by atoms with Crippen LogP contribution in [-0.4, -0.2) is 0 Å². The van der Waals surface area contributed by atoms with Gasteiger partial charge in [0, 0.05) is 0 Å². The van der Waals surface area contributed by atoms with E-state index in [4.69, 9.17) is 0 Å². The van der Waals surface area contributed by atoms with Gasteiger partial charge < -0.3 is 0 Å². The van der Waals surface area contributed by atoms with Crippen LogP contribution >= 0.6 is 8.46 Å². The van der Waals surface area contributed by atoms with E-state index in [1.165, 1.54) is 44.5 Å². The Morgan fingerprint density at radius 3 is 1.61 bits per heavy atom. The van der Waals surface area contributed by atoms with Crippen molar-refractivity contribution in [2.75, 3.05) is 0 Å². The average Bonchev–Trinajstić information content (AvgIpc) is 2.61. The highest BCUT2D eigenvalue weighted by Crippen LogP contribution is 2.18. The van der Waals surface area contributed by atoms with E-state index < -0.39 is 0 Å². The van der Waals surface area contributed by atoms with Crippen LogP contribution in [-0.2, 0) is 4.57 Å². The molecule has 0 aliphatic carbocycles. The number of aryl methyl sites for hydroxylation is 6. The molecular weight excluding hydrogens is 359 g/mol. The van der Waals surface area contributed by atoms with Crippen molar-refractivity contribution >= 4 is 25.9 Å². The molecule has 0 atom stereocenters. The first kappa shape index (κ1) is 20.2. The third-order valence-corrected chi connectivity index (χ3v) is 5.87. The summed E-state index contributed by atoms with van der Waals surface area (Å²) < 4.78 is 11.9. The van der Waals surface area contributed by atoms with Crippen LogP contribution in [0.1, 0.15) is 44.5 Å². The van der Waals surface area contributed by atoms with Crippen LogP contribution in [0.3, 0.4) is 0 Å². The van der Waals surface area contributed by atoms with Gasteiger partial charge in [-0.3, -0.25) is 4.57 Å². The molecule has 3 aromatic carbocycles. The highest BCUT2D eigenvalue weighted by Gasteiger charge is 2.05. The Morgan fingerprint density at radius 1 is 0.679 bits per heavy atom. The first-order chi connectivity index (χ1) is 13.3. The Balaban J connectivity index is 2.38. The lowest BCUT2D eigenvalue weighted by molar-refractivity contribution is 0.603. The molecule has 0 bridgehead atoms. The standard InChI is InChI=1S/C26H27OP/c1-16-10-18(3)23(19(4)11-16)14-22-8-7-9-26(28-27)25(22)15-24-20(5)12-17(2)13-21(24)6/h7-15H,1-6H3. The van der Waals surface area contributed by atoms with E-state index in [0.717, 1.165) is 15.7 Å². The predicted molar refractivity (Wildman–Crippen MR) is 121 cm³/mol. The monoisotopic (exact) mass is 386 g/mol. The summed E-state index contributed by atoms with van der Waals surface area (Å²) in [5, 5.41) is 2.93. The smallest absolute Gasteiger partial charge is 0.192 e. The van der Waals surface area contributed by atoms with Crippen LogP contribution in [0.2, 0.25) is 0 Å². The number of hydrogen-bond donors (Lipinski definition) is 0. The molecule has 1 nitrogen and oxygen atoms in total. The molecule has 0 unspecified atom stereocenters. The van der Waals surface area contributed by atoms with Crippen molar-refractivity contribution in [2.45, 2.75) is 41.5 Å². The summed E-state index contributed by atoms with van der Waals surface area (Å²) in [4.78, 5) is 0. The van der Waals surface area contributed by atoms with Crippen LogP contribution in [0.5, 0.6) is 0 Å².